The molecule has 0 saturated heterocycles. The summed E-state index contributed by atoms with van der Waals surface area (Å²) in [5.41, 5.74) is -0.960. The van der Waals surface area contributed by atoms with Crippen molar-refractivity contribution in [1.82, 2.24) is 10.6 Å². The van der Waals surface area contributed by atoms with Gasteiger partial charge in [0, 0.05) is 19.5 Å². The number of amides is 2. The minimum atomic E-state index is -4.59. The molecule has 0 saturated carbocycles. The maximum Gasteiger partial charge on any atom is 0.422 e. The highest BCUT2D eigenvalue weighted by Gasteiger charge is 2.29. The Labute approximate surface area is 133 Å². The van der Waals surface area contributed by atoms with Gasteiger partial charge in [-0.2, -0.15) is 13.2 Å². The molecular weight excluding hydrogens is 317 g/mol. The SMILES string of the molecule is CCCC(O)(CCC)CNC(=O)CCNC(=O)OCC(F)(F)F. The van der Waals surface area contributed by atoms with Crippen LogP contribution in [0.25, 0.3) is 0 Å². The molecule has 23 heavy (non-hydrogen) atoms. The lowest BCUT2D eigenvalue weighted by Crippen LogP contribution is -2.43. The first-order valence-electron chi connectivity index (χ1n) is 7.58. The minimum absolute atomic E-state index is 0.103. The van der Waals surface area contributed by atoms with Gasteiger partial charge in [0.15, 0.2) is 6.61 Å². The number of hydrogen-bond acceptors (Lipinski definition) is 4. The number of alkyl halides is 3. The largest absolute Gasteiger partial charge is 0.440 e. The number of nitrogens with one attached hydrogen (secondary N) is 2. The highest BCUT2D eigenvalue weighted by atomic mass is 19.4. The number of hydrogen-bond donors (Lipinski definition) is 3. The van der Waals surface area contributed by atoms with E-state index in [-0.39, 0.29) is 19.5 Å². The first kappa shape index (κ1) is 21.5. The molecule has 0 spiro atoms. The summed E-state index contributed by atoms with van der Waals surface area (Å²) in [6.07, 6.45) is -3.26. The van der Waals surface area contributed by atoms with Crippen LogP contribution in [-0.4, -0.2) is 48.6 Å². The van der Waals surface area contributed by atoms with E-state index in [0.717, 1.165) is 12.8 Å². The predicted molar refractivity (Wildman–Crippen MR) is 77.8 cm³/mol. The van der Waals surface area contributed by atoms with Crippen molar-refractivity contribution in [2.75, 3.05) is 19.7 Å². The second-order valence-electron chi connectivity index (χ2n) is 5.37. The monoisotopic (exact) mass is 342 g/mol. The zero-order valence-electron chi connectivity index (χ0n) is 13.5. The lowest BCUT2D eigenvalue weighted by Gasteiger charge is -2.27. The topological polar surface area (TPSA) is 87.7 Å². The van der Waals surface area contributed by atoms with Gasteiger partial charge in [0.05, 0.1) is 5.60 Å². The van der Waals surface area contributed by atoms with E-state index in [1.807, 2.05) is 19.2 Å². The van der Waals surface area contributed by atoms with Crippen LogP contribution in [-0.2, 0) is 9.53 Å². The quantitative estimate of drug-likeness (QED) is 0.567. The molecule has 0 aromatic rings. The van der Waals surface area contributed by atoms with E-state index < -0.39 is 30.4 Å². The molecule has 0 aromatic carbocycles. The number of aliphatic hydroxyl groups is 1. The Morgan fingerprint density at radius 1 is 1.09 bits per heavy atom. The number of rotatable bonds is 10. The van der Waals surface area contributed by atoms with Crippen molar-refractivity contribution in [2.24, 2.45) is 0 Å². The third-order valence-electron chi connectivity index (χ3n) is 3.03. The Hall–Kier alpha value is -1.51. The van der Waals surface area contributed by atoms with Crippen molar-refractivity contribution in [2.45, 2.75) is 57.7 Å². The molecule has 3 N–H and O–H groups in total. The van der Waals surface area contributed by atoms with Crippen molar-refractivity contribution < 1.29 is 32.6 Å². The molecule has 0 aromatic heterocycles. The number of halogens is 3. The fraction of sp³-hybridized carbons (Fsp3) is 0.857. The number of alkyl carbamates (subject to hydrolysis) is 1. The third kappa shape index (κ3) is 11.7. The first-order valence-corrected chi connectivity index (χ1v) is 7.58. The van der Waals surface area contributed by atoms with Gasteiger partial charge < -0.3 is 20.5 Å². The van der Waals surface area contributed by atoms with Crippen LogP contribution >= 0.6 is 0 Å². The van der Waals surface area contributed by atoms with Crippen LogP contribution < -0.4 is 10.6 Å². The Balaban J connectivity index is 3.96. The molecule has 0 rings (SSSR count). The molecule has 0 aliphatic carbocycles. The molecule has 0 heterocycles. The molecule has 0 bridgehead atoms. The zero-order chi connectivity index (χ0) is 17.9. The van der Waals surface area contributed by atoms with E-state index in [1.54, 1.807) is 0 Å². The van der Waals surface area contributed by atoms with Crippen molar-refractivity contribution >= 4 is 12.0 Å². The summed E-state index contributed by atoms with van der Waals surface area (Å²) in [7, 11) is 0. The van der Waals surface area contributed by atoms with E-state index >= 15 is 0 Å². The van der Waals surface area contributed by atoms with Gasteiger partial charge in [0.25, 0.3) is 0 Å². The average molecular weight is 342 g/mol. The lowest BCUT2D eigenvalue weighted by atomic mass is 9.92. The minimum Gasteiger partial charge on any atom is -0.440 e. The summed E-state index contributed by atoms with van der Waals surface area (Å²) in [6.45, 7) is 2.14. The van der Waals surface area contributed by atoms with E-state index in [4.69, 9.17) is 0 Å². The van der Waals surface area contributed by atoms with Crippen LogP contribution in [0.5, 0.6) is 0 Å². The fourth-order valence-corrected chi connectivity index (χ4v) is 2.06. The molecule has 0 fully saturated rings. The summed E-state index contributed by atoms with van der Waals surface area (Å²) in [6, 6.07) is 0. The van der Waals surface area contributed by atoms with Crippen molar-refractivity contribution in [3.05, 3.63) is 0 Å². The zero-order valence-corrected chi connectivity index (χ0v) is 13.5. The first-order chi connectivity index (χ1) is 10.6. The van der Waals surface area contributed by atoms with E-state index in [0.29, 0.717) is 12.8 Å². The average Bonchev–Trinajstić information content (AvgIpc) is 2.43. The highest BCUT2D eigenvalue weighted by molar-refractivity contribution is 5.77. The third-order valence-corrected chi connectivity index (χ3v) is 3.03. The Morgan fingerprint density at radius 2 is 1.65 bits per heavy atom. The number of ether oxygens (including phenoxy) is 1. The summed E-state index contributed by atoms with van der Waals surface area (Å²) >= 11 is 0. The fourth-order valence-electron chi connectivity index (χ4n) is 2.06. The van der Waals surface area contributed by atoms with Gasteiger partial charge in [-0.1, -0.05) is 26.7 Å². The standard InChI is InChI=1S/C14H25F3N2O4/c1-3-6-13(22,7-4-2)9-19-11(20)5-8-18-12(21)23-10-14(15,16)17/h22H,3-10H2,1-2H3,(H,18,21)(H,19,20). The van der Waals surface area contributed by atoms with Crippen LogP contribution in [0.4, 0.5) is 18.0 Å². The molecule has 0 unspecified atom stereocenters. The Bertz CT molecular complexity index is 370. The summed E-state index contributed by atoms with van der Waals surface area (Å²) < 4.78 is 39.4. The van der Waals surface area contributed by atoms with Gasteiger partial charge in [-0.05, 0) is 12.8 Å². The molecule has 6 nitrogen and oxygen atoms in total. The molecule has 136 valence electrons. The molecule has 2 amide bonds. The van der Waals surface area contributed by atoms with Crippen LogP contribution in [0.15, 0.2) is 0 Å². The van der Waals surface area contributed by atoms with Crippen molar-refractivity contribution in [3.8, 4) is 0 Å². The van der Waals surface area contributed by atoms with Crippen LogP contribution in [0.3, 0.4) is 0 Å². The van der Waals surface area contributed by atoms with E-state index in [9.17, 15) is 27.9 Å². The molecule has 0 radical (unpaired) electrons. The summed E-state index contributed by atoms with van der Waals surface area (Å²) in [5.74, 6) is -0.410. The van der Waals surface area contributed by atoms with Crippen LogP contribution in [0.1, 0.15) is 46.0 Å². The van der Waals surface area contributed by atoms with Gasteiger partial charge in [0.1, 0.15) is 0 Å². The molecule has 0 atom stereocenters. The highest BCUT2D eigenvalue weighted by Crippen LogP contribution is 2.18. The second-order valence-corrected chi connectivity index (χ2v) is 5.37. The number of carbonyl (C=O) groups is 2. The van der Waals surface area contributed by atoms with Crippen LogP contribution in [0, 0.1) is 0 Å². The normalized spacial score (nSPS) is 11.9. The van der Waals surface area contributed by atoms with Gasteiger partial charge in [0.2, 0.25) is 5.91 Å². The maximum atomic E-state index is 11.8. The van der Waals surface area contributed by atoms with E-state index in [2.05, 4.69) is 10.1 Å². The van der Waals surface area contributed by atoms with E-state index in [1.165, 1.54) is 0 Å². The van der Waals surface area contributed by atoms with Gasteiger partial charge in [-0.25, -0.2) is 4.79 Å². The van der Waals surface area contributed by atoms with Gasteiger partial charge in [-0.3, -0.25) is 4.79 Å². The maximum absolute atomic E-state index is 11.8. The summed E-state index contributed by atoms with van der Waals surface area (Å²) in [4.78, 5) is 22.6. The lowest BCUT2D eigenvalue weighted by molar-refractivity contribution is -0.160. The number of carbonyl (C=O) groups excluding carboxylic acids is 2. The summed E-state index contributed by atoms with van der Waals surface area (Å²) in [5, 5.41) is 14.9. The molecular formula is C14H25F3N2O4. The van der Waals surface area contributed by atoms with Crippen molar-refractivity contribution in [1.29, 1.82) is 0 Å². The second kappa shape index (κ2) is 10.3. The molecule has 9 heteroatoms. The smallest absolute Gasteiger partial charge is 0.422 e. The molecule has 0 aliphatic rings. The molecule has 0 aliphatic heterocycles. The van der Waals surface area contributed by atoms with Gasteiger partial charge in [-0.15, -0.1) is 0 Å². The van der Waals surface area contributed by atoms with Gasteiger partial charge >= 0.3 is 12.3 Å². The van der Waals surface area contributed by atoms with Crippen molar-refractivity contribution in [3.63, 3.8) is 0 Å². The predicted octanol–water partition coefficient (Wildman–Crippen LogP) is 2.11. The Morgan fingerprint density at radius 3 is 2.13 bits per heavy atom. The van der Waals surface area contributed by atoms with Crippen LogP contribution in [0.2, 0.25) is 0 Å². The Kier molecular flexibility index (Phi) is 9.62.